The molecular weight excluding hydrogens is 216 g/mol. The van der Waals surface area contributed by atoms with Crippen molar-refractivity contribution in [3.05, 3.63) is 0 Å². The van der Waals surface area contributed by atoms with E-state index in [-0.39, 0.29) is 6.10 Å². The molecule has 16 heavy (non-hydrogen) atoms. The molecule has 2 fully saturated rings. The summed E-state index contributed by atoms with van der Waals surface area (Å²) in [5, 5.41) is 11.1. The smallest absolute Gasteiger partial charge is 0.0658 e. The Bertz CT molecular complexity index is 201. The summed E-state index contributed by atoms with van der Waals surface area (Å²) in [5.41, 5.74) is 0. The second-order valence-electron chi connectivity index (χ2n) is 5.84. The molecular formula is C14H26OS. The van der Waals surface area contributed by atoms with Crippen molar-refractivity contribution in [2.75, 3.05) is 5.75 Å². The van der Waals surface area contributed by atoms with Crippen molar-refractivity contribution in [1.29, 1.82) is 0 Å². The fourth-order valence-corrected chi connectivity index (χ4v) is 4.66. The third-order valence-electron chi connectivity index (χ3n) is 4.33. The molecule has 0 aromatic carbocycles. The van der Waals surface area contributed by atoms with Gasteiger partial charge in [0.2, 0.25) is 0 Å². The average Bonchev–Trinajstić information content (AvgIpc) is 2.78. The van der Waals surface area contributed by atoms with Crippen LogP contribution in [-0.4, -0.2) is 22.2 Å². The fourth-order valence-electron chi connectivity index (χ4n) is 3.26. The van der Waals surface area contributed by atoms with Crippen LogP contribution in [-0.2, 0) is 0 Å². The number of hydrogen-bond donors (Lipinski definition) is 1. The van der Waals surface area contributed by atoms with Crippen molar-refractivity contribution in [1.82, 2.24) is 0 Å². The molecule has 3 unspecified atom stereocenters. The summed E-state index contributed by atoms with van der Waals surface area (Å²) >= 11 is 2.04. The van der Waals surface area contributed by atoms with E-state index in [1.54, 1.807) is 0 Å². The van der Waals surface area contributed by atoms with Crippen LogP contribution in [0.5, 0.6) is 0 Å². The quantitative estimate of drug-likeness (QED) is 0.808. The Morgan fingerprint density at radius 3 is 2.56 bits per heavy atom. The molecule has 1 nitrogen and oxygen atoms in total. The van der Waals surface area contributed by atoms with Crippen LogP contribution in [0, 0.1) is 11.8 Å². The highest BCUT2D eigenvalue weighted by atomic mass is 32.2. The highest BCUT2D eigenvalue weighted by Crippen LogP contribution is 2.34. The van der Waals surface area contributed by atoms with Crippen molar-refractivity contribution < 1.29 is 5.11 Å². The largest absolute Gasteiger partial charge is 0.392 e. The molecule has 3 atom stereocenters. The van der Waals surface area contributed by atoms with Gasteiger partial charge in [0.25, 0.3) is 0 Å². The Kier molecular flexibility index (Phi) is 5.02. The van der Waals surface area contributed by atoms with Crippen molar-refractivity contribution in [3.8, 4) is 0 Å². The zero-order chi connectivity index (χ0) is 11.4. The zero-order valence-corrected chi connectivity index (χ0v) is 11.3. The maximum atomic E-state index is 10.2. The lowest BCUT2D eigenvalue weighted by molar-refractivity contribution is 0.0902. The Morgan fingerprint density at radius 1 is 1.12 bits per heavy atom. The molecule has 0 aromatic rings. The van der Waals surface area contributed by atoms with Gasteiger partial charge in [0.05, 0.1) is 6.10 Å². The molecule has 0 heterocycles. The molecule has 0 radical (unpaired) electrons. The van der Waals surface area contributed by atoms with Gasteiger partial charge in [0.1, 0.15) is 0 Å². The van der Waals surface area contributed by atoms with Crippen LogP contribution in [0.25, 0.3) is 0 Å². The van der Waals surface area contributed by atoms with Crippen LogP contribution < -0.4 is 0 Å². The summed E-state index contributed by atoms with van der Waals surface area (Å²) in [6, 6.07) is 0. The van der Waals surface area contributed by atoms with E-state index in [2.05, 4.69) is 6.92 Å². The van der Waals surface area contributed by atoms with Crippen molar-refractivity contribution in [2.45, 2.75) is 69.6 Å². The molecule has 2 aliphatic carbocycles. The maximum Gasteiger partial charge on any atom is 0.0658 e. The van der Waals surface area contributed by atoms with E-state index in [0.29, 0.717) is 5.92 Å². The molecule has 0 saturated heterocycles. The van der Waals surface area contributed by atoms with Gasteiger partial charge in [-0.2, -0.15) is 11.8 Å². The minimum Gasteiger partial charge on any atom is -0.392 e. The predicted octanol–water partition coefficient (Wildman–Crippen LogP) is 3.85. The van der Waals surface area contributed by atoms with Crippen LogP contribution in [0.1, 0.15) is 58.3 Å². The standard InChI is InChI=1S/C14H26OS/c1-11-5-4-6-12(9-11)14(15)10-16-13-7-2-3-8-13/h11-15H,2-10H2,1H3. The summed E-state index contributed by atoms with van der Waals surface area (Å²) in [6.45, 7) is 2.34. The number of rotatable bonds is 4. The summed E-state index contributed by atoms with van der Waals surface area (Å²) in [5.74, 6) is 2.42. The van der Waals surface area contributed by atoms with E-state index in [1.807, 2.05) is 11.8 Å². The highest BCUT2D eigenvalue weighted by molar-refractivity contribution is 7.99. The molecule has 0 amide bonds. The Hall–Kier alpha value is 0.310. The average molecular weight is 242 g/mol. The Balaban J connectivity index is 1.67. The van der Waals surface area contributed by atoms with Gasteiger partial charge in [0, 0.05) is 11.0 Å². The fraction of sp³-hybridized carbons (Fsp3) is 1.00. The van der Waals surface area contributed by atoms with E-state index in [1.165, 1.54) is 51.4 Å². The SMILES string of the molecule is CC1CCCC(C(O)CSC2CCCC2)C1. The van der Waals surface area contributed by atoms with Gasteiger partial charge in [-0.05, 0) is 37.5 Å². The number of aliphatic hydroxyl groups is 1. The third-order valence-corrected chi connectivity index (χ3v) is 5.80. The molecule has 0 bridgehead atoms. The first-order chi connectivity index (χ1) is 7.75. The molecule has 0 aromatic heterocycles. The molecule has 2 rings (SSSR count). The zero-order valence-electron chi connectivity index (χ0n) is 10.5. The van der Waals surface area contributed by atoms with Gasteiger partial charge in [-0.1, -0.05) is 32.6 Å². The van der Waals surface area contributed by atoms with Crippen LogP contribution >= 0.6 is 11.8 Å². The topological polar surface area (TPSA) is 20.2 Å². The molecule has 2 aliphatic rings. The highest BCUT2D eigenvalue weighted by Gasteiger charge is 2.26. The minimum atomic E-state index is -0.0339. The number of hydrogen-bond acceptors (Lipinski definition) is 2. The number of aliphatic hydroxyl groups excluding tert-OH is 1. The molecule has 0 spiro atoms. The van der Waals surface area contributed by atoms with E-state index in [4.69, 9.17) is 0 Å². The van der Waals surface area contributed by atoms with E-state index in [0.717, 1.165) is 16.9 Å². The van der Waals surface area contributed by atoms with E-state index < -0.39 is 0 Å². The summed E-state index contributed by atoms with van der Waals surface area (Å²) in [4.78, 5) is 0. The normalized spacial score (nSPS) is 34.1. The monoisotopic (exact) mass is 242 g/mol. The second kappa shape index (κ2) is 6.30. The van der Waals surface area contributed by atoms with Crippen LogP contribution in [0.15, 0.2) is 0 Å². The minimum absolute atomic E-state index is 0.0339. The van der Waals surface area contributed by atoms with Crippen LogP contribution in [0.3, 0.4) is 0 Å². The number of thioether (sulfide) groups is 1. The molecule has 94 valence electrons. The molecule has 0 aliphatic heterocycles. The van der Waals surface area contributed by atoms with E-state index in [9.17, 15) is 5.11 Å². The third kappa shape index (κ3) is 3.66. The molecule has 2 saturated carbocycles. The second-order valence-corrected chi connectivity index (χ2v) is 7.17. The van der Waals surface area contributed by atoms with Crippen LogP contribution in [0.2, 0.25) is 0 Å². The predicted molar refractivity (Wildman–Crippen MR) is 71.8 cm³/mol. The van der Waals surface area contributed by atoms with Gasteiger partial charge in [-0.25, -0.2) is 0 Å². The molecule has 1 N–H and O–H groups in total. The lowest BCUT2D eigenvalue weighted by Gasteiger charge is -2.30. The summed E-state index contributed by atoms with van der Waals surface area (Å²) in [6.07, 6.45) is 10.8. The van der Waals surface area contributed by atoms with Crippen molar-refractivity contribution in [3.63, 3.8) is 0 Å². The summed E-state index contributed by atoms with van der Waals surface area (Å²) in [7, 11) is 0. The Labute approximate surface area is 104 Å². The van der Waals surface area contributed by atoms with Gasteiger partial charge >= 0.3 is 0 Å². The van der Waals surface area contributed by atoms with Gasteiger partial charge < -0.3 is 5.11 Å². The van der Waals surface area contributed by atoms with Gasteiger partial charge in [-0.15, -0.1) is 0 Å². The van der Waals surface area contributed by atoms with Gasteiger partial charge in [-0.3, -0.25) is 0 Å². The first kappa shape index (κ1) is 12.8. The first-order valence-corrected chi connectivity index (χ1v) is 8.10. The lowest BCUT2D eigenvalue weighted by atomic mass is 9.80. The Morgan fingerprint density at radius 2 is 1.88 bits per heavy atom. The summed E-state index contributed by atoms with van der Waals surface area (Å²) < 4.78 is 0. The van der Waals surface area contributed by atoms with Gasteiger partial charge in [0.15, 0.2) is 0 Å². The van der Waals surface area contributed by atoms with Crippen molar-refractivity contribution in [2.24, 2.45) is 11.8 Å². The van der Waals surface area contributed by atoms with Crippen LogP contribution in [0.4, 0.5) is 0 Å². The molecule has 2 heteroatoms. The lowest BCUT2D eigenvalue weighted by Crippen LogP contribution is -2.28. The van der Waals surface area contributed by atoms with Crippen molar-refractivity contribution >= 4 is 11.8 Å². The first-order valence-electron chi connectivity index (χ1n) is 7.05. The maximum absolute atomic E-state index is 10.2. The van der Waals surface area contributed by atoms with E-state index >= 15 is 0 Å².